The summed E-state index contributed by atoms with van der Waals surface area (Å²) in [6, 6.07) is 13.3. The van der Waals surface area contributed by atoms with E-state index in [1.807, 2.05) is 13.0 Å². The second-order valence-corrected chi connectivity index (χ2v) is 7.57. The van der Waals surface area contributed by atoms with E-state index in [0.29, 0.717) is 6.04 Å². The number of hydrogen-bond donors (Lipinski definition) is 1. The van der Waals surface area contributed by atoms with Crippen LogP contribution in [0.3, 0.4) is 0 Å². The molecule has 1 N–H and O–H groups in total. The molecule has 3 rings (SSSR count). The Morgan fingerprint density at radius 1 is 1.08 bits per heavy atom. The number of benzene rings is 1. The van der Waals surface area contributed by atoms with Gasteiger partial charge in [0, 0.05) is 51.1 Å². The lowest BCUT2D eigenvalue weighted by Crippen LogP contribution is -2.52. The molecular formula is C22H31N3O. The van der Waals surface area contributed by atoms with E-state index in [2.05, 4.69) is 59.0 Å². The van der Waals surface area contributed by atoms with Crippen molar-refractivity contribution in [1.29, 1.82) is 0 Å². The fraction of sp³-hybridized carbons (Fsp3) is 0.500. The van der Waals surface area contributed by atoms with Crippen LogP contribution in [-0.4, -0.2) is 52.2 Å². The number of aromatic nitrogens is 1. The van der Waals surface area contributed by atoms with Crippen LogP contribution in [0.4, 0.5) is 0 Å². The van der Waals surface area contributed by atoms with Crippen molar-refractivity contribution in [2.24, 2.45) is 0 Å². The molecule has 1 aromatic carbocycles. The molecule has 4 nitrogen and oxygen atoms in total. The summed E-state index contributed by atoms with van der Waals surface area (Å²) in [7, 11) is 0. The van der Waals surface area contributed by atoms with Gasteiger partial charge in [-0.2, -0.15) is 0 Å². The highest BCUT2D eigenvalue weighted by Crippen LogP contribution is 2.19. The zero-order valence-corrected chi connectivity index (χ0v) is 16.3. The van der Waals surface area contributed by atoms with Crippen molar-refractivity contribution in [1.82, 2.24) is 14.8 Å². The second-order valence-electron chi connectivity index (χ2n) is 7.57. The first-order valence-electron chi connectivity index (χ1n) is 9.61. The second kappa shape index (κ2) is 8.76. The van der Waals surface area contributed by atoms with E-state index in [1.165, 1.54) is 16.7 Å². The largest absolute Gasteiger partial charge is 0.396 e. The quantitative estimate of drug-likeness (QED) is 0.866. The van der Waals surface area contributed by atoms with Gasteiger partial charge in [-0.25, -0.2) is 0 Å². The molecule has 2 heterocycles. The minimum Gasteiger partial charge on any atom is -0.396 e. The van der Waals surface area contributed by atoms with Crippen LogP contribution in [0.1, 0.15) is 34.5 Å². The number of hydrogen-bond acceptors (Lipinski definition) is 4. The number of piperazine rings is 1. The van der Waals surface area contributed by atoms with Gasteiger partial charge in [0.1, 0.15) is 0 Å². The highest BCUT2D eigenvalue weighted by molar-refractivity contribution is 5.30. The van der Waals surface area contributed by atoms with E-state index < -0.39 is 0 Å². The minimum atomic E-state index is 0.236. The van der Waals surface area contributed by atoms with Gasteiger partial charge in [-0.15, -0.1) is 0 Å². The summed E-state index contributed by atoms with van der Waals surface area (Å²) in [6.07, 6.45) is 0.815. The van der Waals surface area contributed by atoms with Crippen molar-refractivity contribution in [2.75, 3.05) is 26.2 Å². The molecule has 1 aliphatic heterocycles. The maximum absolute atomic E-state index is 9.54. The van der Waals surface area contributed by atoms with E-state index in [0.717, 1.165) is 50.5 Å². The first-order chi connectivity index (χ1) is 12.5. The van der Waals surface area contributed by atoms with Crippen LogP contribution in [0.25, 0.3) is 0 Å². The fourth-order valence-corrected chi connectivity index (χ4v) is 3.89. The Bertz CT molecular complexity index is 731. The van der Waals surface area contributed by atoms with Crippen LogP contribution in [0, 0.1) is 20.8 Å². The highest BCUT2D eigenvalue weighted by Gasteiger charge is 2.27. The van der Waals surface area contributed by atoms with E-state index in [1.54, 1.807) is 0 Å². The summed E-state index contributed by atoms with van der Waals surface area (Å²) >= 11 is 0. The van der Waals surface area contributed by atoms with E-state index in [4.69, 9.17) is 0 Å². The van der Waals surface area contributed by atoms with Gasteiger partial charge < -0.3 is 5.11 Å². The fourth-order valence-electron chi connectivity index (χ4n) is 3.89. The van der Waals surface area contributed by atoms with Crippen molar-refractivity contribution in [3.8, 4) is 0 Å². The lowest BCUT2D eigenvalue weighted by atomic mass is 10.0. The number of pyridine rings is 1. The number of aliphatic hydroxyl groups excluding tert-OH is 1. The third kappa shape index (κ3) is 4.91. The Morgan fingerprint density at radius 3 is 2.65 bits per heavy atom. The molecule has 0 radical (unpaired) electrons. The number of aryl methyl sites for hydroxylation is 3. The summed E-state index contributed by atoms with van der Waals surface area (Å²) in [4.78, 5) is 9.66. The normalized spacial score (nSPS) is 19.0. The molecule has 1 fully saturated rings. The molecule has 4 heteroatoms. The Kier molecular flexibility index (Phi) is 6.41. The summed E-state index contributed by atoms with van der Waals surface area (Å²) in [5, 5.41) is 9.54. The zero-order chi connectivity index (χ0) is 18.5. The highest BCUT2D eigenvalue weighted by atomic mass is 16.3. The lowest BCUT2D eigenvalue weighted by Gasteiger charge is -2.41. The lowest BCUT2D eigenvalue weighted by molar-refractivity contribution is 0.0490. The molecule has 140 valence electrons. The van der Waals surface area contributed by atoms with Crippen molar-refractivity contribution in [2.45, 2.75) is 46.3 Å². The van der Waals surface area contributed by atoms with Crippen LogP contribution in [0.2, 0.25) is 0 Å². The van der Waals surface area contributed by atoms with Crippen LogP contribution < -0.4 is 0 Å². The number of rotatable bonds is 6. The Labute approximate surface area is 157 Å². The van der Waals surface area contributed by atoms with Gasteiger partial charge in [-0.1, -0.05) is 29.8 Å². The molecule has 0 aliphatic carbocycles. The Balaban J connectivity index is 1.65. The molecule has 2 aromatic rings. The summed E-state index contributed by atoms with van der Waals surface area (Å²) < 4.78 is 0. The van der Waals surface area contributed by atoms with Gasteiger partial charge in [0.25, 0.3) is 0 Å². The number of aliphatic hydroxyl groups is 1. The molecule has 0 spiro atoms. The van der Waals surface area contributed by atoms with Crippen molar-refractivity contribution in [3.05, 3.63) is 64.5 Å². The van der Waals surface area contributed by atoms with Crippen molar-refractivity contribution < 1.29 is 5.11 Å². The smallest absolute Gasteiger partial charge is 0.0547 e. The number of nitrogens with zero attached hydrogens (tertiary/aromatic N) is 3. The first-order valence-corrected chi connectivity index (χ1v) is 9.61. The molecule has 0 bridgehead atoms. The van der Waals surface area contributed by atoms with Crippen LogP contribution >= 0.6 is 0 Å². The average molecular weight is 354 g/mol. The van der Waals surface area contributed by atoms with Gasteiger partial charge in [0.2, 0.25) is 0 Å². The monoisotopic (exact) mass is 353 g/mol. The van der Waals surface area contributed by atoms with Gasteiger partial charge in [0.05, 0.1) is 5.69 Å². The third-order valence-electron chi connectivity index (χ3n) is 5.35. The average Bonchev–Trinajstić information content (AvgIpc) is 2.60. The molecule has 1 saturated heterocycles. The van der Waals surface area contributed by atoms with Gasteiger partial charge >= 0.3 is 0 Å². The zero-order valence-electron chi connectivity index (χ0n) is 16.3. The molecule has 0 unspecified atom stereocenters. The molecule has 1 atom stereocenters. The topological polar surface area (TPSA) is 39.6 Å². The van der Waals surface area contributed by atoms with Crippen molar-refractivity contribution >= 4 is 0 Å². The van der Waals surface area contributed by atoms with Crippen LogP contribution in [-0.2, 0) is 13.1 Å². The molecule has 26 heavy (non-hydrogen) atoms. The Hall–Kier alpha value is -1.75. The Morgan fingerprint density at radius 2 is 1.92 bits per heavy atom. The predicted octanol–water partition coefficient (Wildman–Crippen LogP) is 3.08. The van der Waals surface area contributed by atoms with Crippen LogP contribution in [0.5, 0.6) is 0 Å². The first kappa shape index (κ1) is 19.0. The van der Waals surface area contributed by atoms with Crippen LogP contribution in [0.15, 0.2) is 36.4 Å². The van der Waals surface area contributed by atoms with Gasteiger partial charge in [-0.05, 0) is 50.5 Å². The van der Waals surface area contributed by atoms with E-state index in [9.17, 15) is 5.11 Å². The molecule has 0 saturated carbocycles. The van der Waals surface area contributed by atoms with Gasteiger partial charge in [0.15, 0.2) is 0 Å². The molecular weight excluding hydrogens is 322 g/mol. The molecule has 1 aromatic heterocycles. The summed E-state index contributed by atoms with van der Waals surface area (Å²) in [5.74, 6) is 0. The molecule has 1 aliphatic rings. The van der Waals surface area contributed by atoms with E-state index in [-0.39, 0.29) is 6.61 Å². The standard InChI is InChI=1S/C22H31N3O/c1-17-7-8-20(18(2)13-17)14-24-10-11-25(22(16-24)9-12-26)15-21-6-4-5-19(3)23-21/h4-8,13,22,26H,9-12,14-16H2,1-3H3/t22-/m1/s1. The van der Waals surface area contributed by atoms with E-state index >= 15 is 0 Å². The maximum Gasteiger partial charge on any atom is 0.0547 e. The van der Waals surface area contributed by atoms with Gasteiger partial charge in [-0.3, -0.25) is 14.8 Å². The summed E-state index contributed by atoms with van der Waals surface area (Å²) in [5.41, 5.74) is 6.28. The predicted molar refractivity (Wildman–Crippen MR) is 106 cm³/mol. The third-order valence-corrected chi connectivity index (χ3v) is 5.35. The minimum absolute atomic E-state index is 0.236. The SMILES string of the molecule is Cc1ccc(CN2CCN(Cc3cccc(C)n3)[C@H](CCO)C2)c(C)c1. The molecule has 0 amide bonds. The summed E-state index contributed by atoms with van der Waals surface area (Å²) in [6.45, 7) is 11.6. The maximum atomic E-state index is 9.54. The van der Waals surface area contributed by atoms with Crippen molar-refractivity contribution in [3.63, 3.8) is 0 Å².